The second kappa shape index (κ2) is 7.37. The molecule has 1 aromatic carbocycles. The fourth-order valence-corrected chi connectivity index (χ4v) is 6.79. The third kappa shape index (κ3) is 2.87. The van der Waals surface area contributed by atoms with Gasteiger partial charge in [0.15, 0.2) is 5.16 Å². The Labute approximate surface area is 172 Å². The molecule has 0 unspecified atom stereocenters. The molecule has 0 amide bonds. The molecular formula is C24H30N2OS. The zero-order chi connectivity index (χ0) is 19.1. The Morgan fingerprint density at radius 3 is 2.61 bits per heavy atom. The summed E-state index contributed by atoms with van der Waals surface area (Å²) in [4.78, 5) is 18.1. The van der Waals surface area contributed by atoms with Crippen LogP contribution in [0.2, 0.25) is 0 Å². The highest BCUT2D eigenvalue weighted by atomic mass is 32.2. The average molecular weight is 395 g/mol. The van der Waals surface area contributed by atoms with Gasteiger partial charge in [0.1, 0.15) is 0 Å². The highest BCUT2D eigenvalue weighted by Crippen LogP contribution is 2.51. The molecule has 5 rings (SSSR count). The highest BCUT2D eigenvalue weighted by molar-refractivity contribution is 7.99. The predicted molar refractivity (Wildman–Crippen MR) is 116 cm³/mol. The van der Waals surface area contributed by atoms with E-state index < -0.39 is 0 Å². The van der Waals surface area contributed by atoms with E-state index in [1.54, 1.807) is 11.8 Å². The van der Waals surface area contributed by atoms with Crippen molar-refractivity contribution in [2.45, 2.75) is 87.7 Å². The van der Waals surface area contributed by atoms with E-state index in [0.717, 1.165) is 35.7 Å². The molecule has 0 bridgehead atoms. The predicted octanol–water partition coefficient (Wildman–Crippen LogP) is 5.90. The van der Waals surface area contributed by atoms with E-state index in [1.807, 2.05) is 0 Å². The molecular weight excluding hydrogens is 364 g/mol. The van der Waals surface area contributed by atoms with Crippen molar-refractivity contribution in [1.82, 2.24) is 9.55 Å². The Hall–Kier alpha value is -1.55. The summed E-state index contributed by atoms with van der Waals surface area (Å²) in [6.45, 7) is 2.16. The summed E-state index contributed by atoms with van der Waals surface area (Å²) in [5.74, 6) is 0.949. The van der Waals surface area contributed by atoms with Crippen molar-refractivity contribution >= 4 is 11.8 Å². The van der Waals surface area contributed by atoms with Gasteiger partial charge in [-0.3, -0.25) is 4.79 Å². The molecule has 2 aromatic rings. The first-order valence-corrected chi connectivity index (χ1v) is 12.1. The van der Waals surface area contributed by atoms with Gasteiger partial charge < -0.3 is 4.57 Å². The topological polar surface area (TPSA) is 34.9 Å². The first kappa shape index (κ1) is 18.5. The minimum atomic E-state index is 0.0135. The molecule has 2 saturated carbocycles. The monoisotopic (exact) mass is 394 g/mol. The fraction of sp³-hybridized carbons (Fsp3) is 0.583. The zero-order valence-electron chi connectivity index (χ0n) is 16.9. The Bertz CT molecular complexity index is 936. The van der Waals surface area contributed by atoms with E-state index >= 15 is 0 Å². The SMILES string of the molecule is CCSc1nc(=O)c2c(n1C1CCCCC1)-c1ccccc1CC21CCCC1. The second-order valence-electron chi connectivity index (χ2n) is 8.84. The van der Waals surface area contributed by atoms with Gasteiger partial charge in [0.25, 0.3) is 5.56 Å². The lowest BCUT2D eigenvalue weighted by molar-refractivity contribution is 0.325. The van der Waals surface area contributed by atoms with E-state index in [2.05, 4.69) is 35.8 Å². The molecule has 1 heterocycles. The van der Waals surface area contributed by atoms with Gasteiger partial charge in [0.2, 0.25) is 0 Å². The Morgan fingerprint density at radius 1 is 1.11 bits per heavy atom. The third-order valence-electron chi connectivity index (χ3n) is 7.20. The van der Waals surface area contributed by atoms with Crippen molar-refractivity contribution in [2.24, 2.45) is 0 Å². The molecule has 0 saturated heterocycles. The van der Waals surface area contributed by atoms with E-state index in [9.17, 15) is 4.79 Å². The van der Waals surface area contributed by atoms with Crippen LogP contribution in [0.25, 0.3) is 11.3 Å². The van der Waals surface area contributed by atoms with Crippen LogP contribution < -0.4 is 5.56 Å². The number of rotatable bonds is 3. The van der Waals surface area contributed by atoms with Crippen LogP contribution >= 0.6 is 11.8 Å². The van der Waals surface area contributed by atoms with Gasteiger partial charge in [0, 0.05) is 17.0 Å². The Kier molecular flexibility index (Phi) is 4.86. The van der Waals surface area contributed by atoms with Crippen molar-refractivity contribution in [3.8, 4) is 11.3 Å². The van der Waals surface area contributed by atoms with Gasteiger partial charge in [-0.05, 0) is 43.4 Å². The van der Waals surface area contributed by atoms with Crippen LogP contribution in [0.5, 0.6) is 0 Å². The van der Waals surface area contributed by atoms with Crippen molar-refractivity contribution < 1.29 is 0 Å². The van der Waals surface area contributed by atoms with Crippen LogP contribution in [0, 0.1) is 0 Å². The highest BCUT2D eigenvalue weighted by Gasteiger charge is 2.45. The van der Waals surface area contributed by atoms with Crippen LogP contribution in [0.4, 0.5) is 0 Å². The lowest BCUT2D eigenvalue weighted by Crippen LogP contribution is -2.39. The summed E-state index contributed by atoms with van der Waals surface area (Å²) in [7, 11) is 0. The van der Waals surface area contributed by atoms with Crippen LogP contribution in [0.15, 0.2) is 34.2 Å². The molecule has 28 heavy (non-hydrogen) atoms. The van der Waals surface area contributed by atoms with E-state index in [1.165, 1.54) is 61.8 Å². The largest absolute Gasteiger partial charge is 0.317 e. The number of nitrogens with zero attached hydrogens (tertiary/aromatic N) is 2. The molecule has 3 aliphatic carbocycles. The zero-order valence-corrected chi connectivity index (χ0v) is 17.7. The molecule has 2 fully saturated rings. The summed E-state index contributed by atoms with van der Waals surface area (Å²) in [5, 5.41) is 0.947. The molecule has 0 atom stereocenters. The lowest BCUT2D eigenvalue weighted by atomic mass is 9.68. The normalized spacial score (nSPS) is 20.9. The summed E-state index contributed by atoms with van der Waals surface area (Å²) < 4.78 is 2.52. The number of fused-ring (bicyclic) bond motifs is 4. The molecule has 0 N–H and O–H groups in total. The summed E-state index contributed by atoms with van der Waals surface area (Å²) >= 11 is 1.74. The molecule has 148 valence electrons. The minimum absolute atomic E-state index is 0.0135. The molecule has 1 spiro atoms. The molecule has 3 aliphatic rings. The van der Waals surface area contributed by atoms with Crippen LogP contribution in [0.1, 0.15) is 81.9 Å². The molecule has 0 aliphatic heterocycles. The number of aromatic nitrogens is 2. The van der Waals surface area contributed by atoms with Gasteiger partial charge in [-0.1, -0.05) is 75.1 Å². The van der Waals surface area contributed by atoms with Crippen molar-refractivity contribution in [3.05, 3.63) is 45.7 Å². The minimum Gasteiger partial charge on any atom is -0.317 e. The van der Waals surface area contributed by atoms with Crippen LogP contribution in [-0.4, -0.2) is 15.3 Å². The maximum absolute atomic E-state index is 13.4. The number of benzene rings is 1. The van der Waals surface area contributed by atoms with Gasteiger partial charge in [-0.25, -0.2) is 0 Å². The summed E-state index contributed by atoms with van der Waals surface area (Å²) in [5.41, 5.74) is 5.06. The van der Waals surface area contributed by atoms with E-state index in [-0.39, 0.29) is 11.0 Å². The van der Waals surface area contributed by atoms with Crippen LogP contribution in [0.3, 0.4) is 0 Å². The number of hydrogen-bond donors (Lipinski definition) is 0. The average Bonchev–Trinajstić information content (AvgIpc) is 3.17. The van der Waals surface area contributed by atoms with Gasteiger partial charge >= 0.3 is 0 Å². The maximum atomic E-state index is 13.4. The Morgan fingerprint density at radius 2 is 1.86 bits per heavy atom. The summed E-state index contributed by atoms with van der Waals surface area (Å²) in [6.07, 6.45) is 12.1. The van der Waals surface area contributed by atoms with Gasteiger partial charge in [-0.15, -0.1) is 0 Å². The Balaban J connectivity index is 1.83. The number of hydrogen-bond acceptors (Lipinski definition) is 3. The smallest absolute Gasteiger partial charge is 0.278 e. The summed E-state index contributed by atoms with van der Waals surface area (Å²) in [6, 6.07) is 9.32. The first-order valence-electron chi connectivity index (χ1n) is 11.1. The van der Waals surface area contributed by atoms with Gasteiger partial charge in [-0.2, -0.15) is 4.98 Å². The number of thioether (sulfide) groups is 1. The first-order chi connectivity index (χ1) is 13.7. The molecule has 1 aromatic heterocycles. The standard InChI is InChI=1S/C24H30N2OS/c1-2-28-23-25-22(27)20-21(26(23)18-11-4-3-5-12-18)19-13-7-6-10-17(19)16-24(20)14-8-9-15-24/h6-7,10,13,18H,2-5,8-9,11-12,14-16H2,1H3. The third-order valence-corrected chi connectivity index (χ3v) is 8.04. The molecule has 4 heteroatoms. The lowest BCUT2D eigenvalue weighted by Gasteiger charge is -2.40. The quantitative estimate of drug-likeness (QED) is 0.480. The molecule has 0 radical (unpaired) electrons. The van der Waals surface area contributed by atoms with Gasteiger partial charge in [0.05, 0.1) is 11.3 Å². The van der Waals surface area contributed by atoms with Crippen LogP contribution in [-0.2, 0) is 11.8 Å². The van der Waals surface area contributed by atoms with Crippen molar-refractivity contribution in [3.63, 3.8) is 0 Å². The van der Waals surface area contributed by atoms with Crippen molar-refractivity contribution in [1.29, 1.82) is 0 Å². The van der Waals surface area contributed by atoms with Crippen molar-refractivity contribution in [2.75, 3.05) is 5.75 Å². The fourth-order valence-electron chi connectivity index (χ4n) is 6.00. The molecule has 3 nitrogen and oxygen atoms in total. The van der Waals surface area contributed by atoms with E-state index in [0.29, 0.717) is 6.04 Å². The second-order valence-corrected chi connectivity index (χ2v) is 10.1. The van der Waals surface area contributed by atoms with E-state index in [4.69, 9.17) is 4.98 Å². The maximum Gasteiger partial charge on any atom is 0.278 e.